The van der Waals surface area contributed by atoms with Crippen molar-refractivity contribution in [3.63, 3.8) is 0 Å². The van der Waals surface area contributed by atoms with Gasteiger partial charge >= 0.3 is 5.97 Å². The number of aromatic nitrogens is 1. The lowest BCUT2D eigenvalue weighted by molar-refractivity contribution is 0.0228. The predicted octanol–water partition coefficient (Wildman–Crippen LogP) is 5.77. The molecule has 1 aliphatic heterocycles. The Morgan fingerprint density at radius 3 is 2.30 bits per heavy atom. The molecule has 1 aromatic heterocycles. The Bertz CT molecular complexity index is 1570. The molecule has 0 saturated carbocycles. The average molecular weight is 489 g/mol. The normalized spacial score (nSPS) is 17.7. The second-order valence-electron chi connectivity index (χ2n) is 9.57. The van der Waals surface area contributed by atoms with Gasteiger partial charge in [0, 0.05) is 5.39 Å². The molecule has 3 aromatic carbocycles. The molecule has 4 aromatic rings. The molecule has 0 fully saturated rings. The molecule has 2 amide bonds. The van der Waals surface area contributed by atoms with E-state index in [0.717, 1.165) is 33.7 Å². The van der Waals surface area contributed by atoms with Gasteiger partial charge in [-0.3, -0.25) is 9.59 Å². The molecule has 2 aliphatic rings. The molecule has 0 bridgehead atoms. The maximum atomic E-state index is 13.6. The molecular formula is C31H24N2O4. The van der Waals surface area contributed by atoms with Gasteiger partial charge in [0.1, 0.15) is 0 Å². The van der Waals surface area contributed by atoms with Gasteiger partial charge in [0.2, 0.25) is 0 Å². The third kappa shape index (κ3) is 4.00. The Kier molecular flexibility index (Phi) is 5.64. The smallest absolute Gasteiger partial charge is 0.340 e. The maximum absolute atomic E-state index is 13.6. The summed E-state index contributed by atoms with van der Waals surface area (Å²) in [5.74, 6) is -1.19. The van der Waals surface area contributed by atoms with E-state index in [9.17, 15) is 14.4 Å². The number of rotatable bonds is 4. The third-order valence-corrected chi connectivity index (χ3v) is 6.97. The van der Waals surface area contributed by atoms with Crippen LogP contribution >= 0.6 is 0 Å². The molecule has 182 valence electrons. The number of para-hydroxylation sites is 1. The van der Waals surface area contributed by atoms with Crippen LogP contribution in [0.2, 0.25) is 0 Å². The molecule has 6 nitrogen and oxygen atoms in total. The highest BCUT2D eigenvalue weighted by Crippen LogP contribution is 2.39. The van der Waals surface area contributed by atoms with Gasteiger partial charge in [0.15, 0.2) is 6.73 Å². The minimum atomic E-state index is -0.570. The predicted molar refractivity (Wildman–Crippen MR) is 141 cm³/mol. The number of imide groups is 1. The standard InChI is InChI=1S/C31H24N2O4/c1-19-15-21(17-20-9-3-2-4-10-20)28-25(16-19)27(24-13-7-8-14-26(24)32-28)31(36)37-18-33-29(34)22-11-5-6-12-23(22)30(33)35/h2-14,17,19H,15-16,18H2,1H3. The Morgan fingerprint density at radius 2 is 1.57 bits per heavy atom. The van der Waals surface area contributed by atoms with Crippen molar-refractivity contribution in [3.05, 3.63) is 112 Å². The van der Waals surface area contributed by atoms with E-state index in [0.29, 0.717) is 39.9 Å². The fourth-order valence-corrected chi connectivity index (χ4v) is 5.27. The summed E-state index contributed by atoms with van der Waals surface area (Å²) >= 11 is 0. The van der Waals surface area contributed by atoms with Gasteiger partial charge in [0.25, 0.3) is 11.8 Å². The van der Waals surface area contributed by atoms with E-state index in [1.54, 1.807) is 24.3 Å². The lowest BCUT2D eigenvalue weighted by Gasteiger charge is -2.26. The monoisotopic (exact) mass is 488 g/mol. The van der Waals surface area contributed by atoms with Crippen LogP contribution in [0.15, 0.2) is 78.9 Å². The van der Waals surface area contributed by atoms with Crippen LogP contribution in [-0.4, -0.2) is 34.4 Å². The molecule has 0 saturated heterocycles. The van der Waals surface area contributed by atoms with Gasteiger partial charge in [0.05, 0.1) is 27.9 Å². The van der Waals surface area contributed by atoms with Crippen LogP contribution in [0.5, 0.6) is 0 Å². The van der Waals surface area contributed by atoms with E-state index in [1.165, 1.54) is 0 Å². The molecule has 6 heteroatoms. The van der Waals surface area contributed by atoms with Crippen molar-refractivity contribution in [1.29, 1.82) is 0 Å². The first-order valence-corrected chi connectivity index (χ1v) is 12.3. The largest absolute Gasteiger partial charge is 0.440 e. The molecule has 0 spiro atoms. The number of hydrogen-bond donors (Lipinski definition) is 0. The molecule has 1 atom stereocenters. The fraction of sp³-hybridized carbons (Fsp3) is 0.161. The van der Waals surface area contributed by atoms with Crippen molar-refractivity contribution in [2.45, 2.75) is 19.8 Å². The van der Waals surface area contributed by atoms with Crippen LogP contribution in [0.3, 0.4) is 0 Å². The summed E-state index contributed by atoms with van der Waals surface area (Å²) in [5, 5.41) is 0.696. The van der Waals surface area contributed by atoms with Crippen LogP contribution in [0, 0.1) is 5.92 Å². The second kappa shape index (κ2) is 9.13. The van der Waals surface area contributed by atoms with Crippen molar-refractivity contribution in [3.8, 4) is 0 Å². The average Bonchev–Trinajstić information content (AvgIpc) is 3.16. The molecule has 1 unspecified atom stereocenters. The highest BCUT2D eigenvalue weighted by Gasteiger charge is 2.36. The summed E-state index contributed by atoms with van der Waals surface area (Å²) in [6.07, 6.45) is 3.65. The van der Waals surface area contributed by atoms with Crippen molar-refractivity contribution < 1.29 is 19.1 Å². The number of nitrogens with zero attached hydrogens (tertiary/aromatic N) is 2. The van der Waals surface area contributed by atoms with E-state index in [2.05, 4.69) is 13.0 Å². The number of allylic oxidation sites excluding steroid dienone is 1. The first-order valence-electron chi connectivity index (χ1n) is 12.3. The van der Waals surface area contributed by atoms with Gasteiger partial charge in [-0.2, -0.15) is 0 Å². The van der Waals surface area contributed by atoms with E-state index in [4.69, 9.17) is 9.72 Å². The summed E-state index contributed by atoms with van der Waals surface area (Å²) in [6.45, 7) is 1.71. The van der Waals surface area contributed by atoms with Gasteiger partial charge < -0.3 is 4.74 Å². The number of ether oxygens (including phenoxy) is 1. The zero-order valence-corrected chi connectivity index (χ0v) is 20.3. The Hall–Kier alpha value is -4.58. The van der Waals surface area contributed by atoms with Crippen LogP contribution in [0.4, 0.5) is 0 Å². The highest BCUT2D eigenvalue weighted by molar-refractivity contribution is 6.21. The number of esters is 1. The van der Waals surface area contributed by atoms with Gasteiger partial charge in [-0.25, -0.2) is 14.7 Å². The minimum Gasteiger partial charge on any atom is -0.440 e. The topological polar surface area (TPSA) is 76.6 Å². The van der Waals surface area contributed by atoms with Crippen LogP contribution in [-0.2, 0) is 11.2 Å². The quantitative estimate of drug-likeness (QED) is 0.269. The summed E-state index contributed by atoms with van der Waals surface area (Å²) < 4.78 is 5.65. The van der Waals surface area contributed by atoms with Crippen molar-refractivity contribution in [2.24, 2.45) is 5.92 Å². The molecule has 2 heterocycles. The SMILES string of the molecule is CC1CC(=Cc2ccccc2)c2nc3ccccc3c(C(=O)OCN3C(=O)c4ccccc4C3=O)c2C1. The number of carbonyl (C=O) groups excluding carboxylic acids is 3. The third-order valence-electron chi connectivity index (χ3n) is 6.97. The van der Waals surface area contributed by atoms with Crippen LogP contribution < -0.4 is 0 Å². The number of benzene rings is 3. The minimum absolute atomic E-state index is 0.299. The summed E-state index contributed by atoms with van der Waals surface area (Å²) in [4.78, 5) is 45.1. The molecule has 0 N–H and O–H groups in total. The van der Waals surface area contributed by atoms with Gasteiger partial charge in [-0.05, 0) is 59.7 Å². The van der Waals surface area contributed by atoms with Crippen LogP contribution in [0.25, 0.3) is 22.6 Å². The number of carbonyl (C=O) groups is 3. The number of fused-ring (bicyclic) bond motifs is 3. The lowest BCUT2D eigenvalue weighted by Crippen LogP contribution is -2.33. The zero-order chi connectivity index (χ0) is 25.5. The molecule has 0 radical (unpaired) electrons. The van der Waals surface area contributed by atoms with Gasteiger partial charge in [-0.15, -0.1) is 0 Å². The molecular weight excluding hydrogens is 464 g/mol. The summed E-state index contributed by atoms with van der Waals surface area (Å²) in [5.41, 5.74) is 5.56. The van der Waals surface area contributed by atoms with E-state index in [1.807, 2.05) is 54.6 Å². The van der Waals surface area contributed by atoms with E-state index >= 15 is 0 Å². The fourth-order valence-electron chi connectivity index (χ4n) is 5.27. The summed E-state index contributed by atoms with van der Waals surface area (Å²) in [7, 11) is 0. The second-order valence-corrected chi connectivity index (χ2v) is 9.57. The summed E-state index contributed by atoms with van der Waals surface area (Å²) in [6, 6.07) is 24.2. The van der Waals surface area contributed by atoms with E-state index in [-0.39, 0.29) is 0 Å². The first kappa shape index (κ1) is 22.9. The maximum Gasteiger partial charge on any atom is 0.340 e. The molecule has 6 rings (SSSR count). The highest BCUT2D eigenvalue weighted by atomic mass is 16.5. The Balaban J connectivity index is 1.39. The number of pyridine rings is 1. The Morgan fingerprint density at radius 1 is 0.919 bits per heavy atom. The Labute approximate surface area is 214 Å². The zero-order valence-electron chi connectivity index (χ0n) is 20.3. The van der Waals surface area contributed by atoms with Gasteiger partial charge in [-0.1, -0.05) is 67.6 Å². The van der Waals surface area contributed by atoms with Crippen LogP contribution in [0.1, 0.15) is 61.2 Å². The number of hydrogen-bond acceptors (Lipinski definition) is 5. The molecule has 37 heavy (non-hydrogen) atoms. The van der Waals surface area contributed by atoms with Crippen molar-refractivity contribution >= 4 is 40.3 Å². The lowest BCUT2D eigenvalue weighted by atomic mass is 9.80. The van der Waals surface area contributed by atoms with Crippen molar-refractivity contribution in [1.82, 2.24) is 9.88 Å². The molecule has 1 aliphatic carbocycles. The van der Waals surface area contributed by atoms with Crippen molar-refractivity contribution in [2.75, 3.05) is 6.73 Å². The van der Waals surface area contributed by atoms with E-state index < -0.39 is 24.5 Å². The first-order chi connectivity index (χ1) is 18.0. The number of amides is 2.